The standard InChI is InChI=1S/C13H16ClFN4O3/c1-12(2,3)22-11(20)18-13(21,7-17-19-16)8-4-9(14)6-10(15)5-8/h4-6,21H,7H2,1-3H3,(H,18,20)/t13-/m1/s1. The second kappa shape index (κ2) is 6.83. The maximum atomic E-state index is 13.4. The second-order valence-corrected chi connectivity index (χ2v) is 5.97. The first kappa shape index (κ1) is 18.0. The van der Waals surface area contributed by atoms with E-state index in [1.54, 1.807) is 20.8 Å². The molecule has 0 aliphatic heterocycles. The topological polar surface area (TPSA) is 107 Å². The van der Waals surface area contributed by atoms with Crippen LogP contribution in [-0.2, 0) is 10.5 Å². The van der Waals surface area contributed by atoms with E-state index >= 15 is 0 Å². The quantitative estimate of drug-likeness (QED) is 0.382. The number of carbonyl (C=O) groups excluding carboxylic acids is 1. The van der Waals surface area contributed by atoms with Crippen LogP contribution in [-0.4, -0.2) is 23.3 Å². The predicted octanol–water partition coefficient (Wildman–Crippen LogP) is 3.46. The van der Waals surface area contributed by atoms with E-state index < -0.39 is 29.8 Å². The zero-order valence-electron chi connectivity index (χ0n) is 12.3. The molecule has 7 nitrogen and oxygen atoms in total. The van der Waals surface area contributed by atoms with Gasteiger partial charge in [-0.25, -0.2) is 9.18 Å². The first-order chi connectivity index (χ1) is 10.1. The molecule has 22 heavy (non-hydrogen) atoms. The lowest BCUT2D eigenvalue weighted by Crippen LogP contribution is -2.49. The number of ether oxygens (including phenoxy) is 1. The third kappa shape index (κ3) is 5.40. The molecule has 0 aliphatic carbocycles. The molecular weight excluding hydrogens is 315 g/mol. The molecule has 120 valence electrons. The Morgan fingerprint density at radius 2 is 2.14 bits per heavy atom. The van der Waals surface area contributed by atoms with E-state index in [4.69, 9.17) is 21.9 Å². The molecule has 0 spiro atoms. The fourth-order valence-electron chi connectivity index (χ4n) is 1.60. The van der Waals surface area contributed by atoms with Gasteiger partial charge >= 0.3 is 6.09 Å². The van der Waals surface area contributed by atoms with Crippen LogP contribution in [0.4, 0.5) is 9.18 Å². The Morgan fingerprint density at radius 1 is 1.50 bits per heavy atom. The summed E-state index contributed by atoms with van der Waals surface area (Å²) in [5.41, 5.74) is 5.38. The number of hydrogen-bond acceptors (Lipinski definition) is 4. The van der Waals surface area contributed by atoms with Crippen LogP contribution in [0, 0.1) is 5.82 Å². The number of halogens is 2. The highest BCUT2D eigenvalue weighted by Crippen LogP contribution is 2.24. The summed E-state index contributed by atoms with van der Waals surface area (Å²) in [4.78, 5) is 14.3. The van der Waals surface area contributed by atoms with Crippen molar-refractivity contribution >= 4 is 17.7 Å². The van der Waals surface area contributed by atoms with Crippen molar-refractivity contribution in [1.82, 2.24) is 5.32 Å². The van der Waals surface area contributed by atoms with E-state index in [9.17, 15) is 14.3 Å². The fraction of sp³-hybridized carbons (Fsp3) is 0.462. The van der Waals surface area contributed by atoms with Gasteiger partial charge in [0.2, 0.25) is 0 Å². The Kier molecular flexibility index (Phi) is 5.59. The minimum atomic E-state index is -2.15. The third-order valence-electron chi connectivity index (χ3n) is 2.41. The number of amides is 1. The SMILES string of the molecule is CC(C)(C)OC(=O)N[C@@](O)(CN=[N+]=[N-])c1cc(F)cc(Cl)c1. The molecule has 0 fully saturated rings. The van der Waals surface area contributed by atoms with Gasteiger partial charge in [0.1, 0.15) is 11.4 Å². The van der Waals surface area contributed by atoms with Crippen LogP contribution in [0.1, 0.15) is 26.3 Å². The van der Waals surface area contributed by atoms with Crippen LogP contribution in [0.3, 0.4) is 0 Å². The van der Waals surface area contributed by atoms with Crippen LogP contribution in [0.5, 0.6) is 0 Å². The Balaban J connectivity index is 3.13. The highest BCUT2D eigenvalue weighted by molar-refractivity contribution is 6.30. The fourth-order valence-corrected chi connectivity index (χ4v) is 1.82. The smallest absolute Gasteiger partial charge is 0.410 e. The summed E-state index contributed by atoms with van der Waals surface area (Å²) in [5.74, 6) is -0.715. The summed E-state index contributed by atoms with van der Waals surface area (Å²) in [6, 6.07) is 3.25. The van der Waals surface area contributed by atoms with Gasteiger partial charge in [-0.2, -0.15) is 0 Å². The van der Waals surface area contributed by atoms with Gasteiger partial charge in [0, 0.05) is 15.5 Å². The van der Waals surface area contributed by atoms with E-state index in [2.05, 4.69) is 15.3 Å². The van der Waals surface area contributed by atoms with Crippen molar-refractivity contribution < 1.29 is 19.0 Å². The van der Waals surface area contributed by atoms with Gasteiger partial charge in [-0.3, -0.25) is 5.32 Å². The lowest BCUT2D eigenvalue weighted by molar-refractivity contribution is -0.0118. The minimum absolute atomic E-state index is 0.0142. The van der Waals surface area contributed by atoms with Gasteiger partial charge in [0.15, 0.2) is 5.72 Å². The minimum Gasteiger partial charge on any atom is -0.444 e. The molecule has 0 heterocycles. The molecular formula is C13H16ClFN4O3. The van der Waals surface area contributed by atoms with E-state index in [0.717, 1.165) is 12.1 Å². The summed E-state index contributed by atoms with van der Waals surface area (Å²) in [7, 11) is 0. The summed E-state index contributed by atoms with van der Waals surface area (Å²) in [6.45, 7) is 4.34. The van der Waals surface area contributed by atoms with Crippen LogP contribution in [0.15, 0.2) is 23.3 Å². The van der Waals surface area contributed by atoms with E-state index in [0.29, 0.717) is 0 Å². The molecule has 1 atom stereocenters. The van der Waals surface area contributed by atoms with Crippen LogP contribution >= 0.6 is 11.6 Å². The Bertz CT molecular complexity index is 594. The first-order valence-electron chi connectivity index (χ1n) is 6.27. The van der Waals surface area contributed by atoms with Crippen LogP contribution < -0.4 is 5.32 Å². The number of hydrogen-bond donors (Lipinski definition) is 2. The van der Waals surface area contributed by atoms with Crippen LogP contribution in [0.2, 0.25) is 5.02 Å². The molecule has 0 unspecified atom stereocenters. The summed E-state index contributed by atoms with van der Waals surface area (Å²) in [5, 5.41) is 15.9. The zero-order valence-corrected chi connectivity index (χ0v) is 13.1. The normalized spacial score (nSPS) is 13.7. The number of benzene rings is 1. The van der Waals surface area contributed by atoms with Crippen molar-refractivity contribution in [2.75, 3.05) is 6.54 Å². The molecule has 0 aromatic heterocycles. The van der Waals surface area contributed by atoms with Crippen molar-refractivity contribution in [2.24, 2.45) is 5.11 Å². The number of nitrogens with zero attached hydrogens (tertiary/aromatic N) is 3. The maximum Gasteiger partial charge on any atom is 0.410 e. The van der Waals surface area contributed by atoms with Crippen LogP contribution in [0.25, 0.3) is 10.4 Å². The number of alkyl carbamates (subject to hydrolysis) is 1. The lowest BCUT2D eigenvalue weighted by atomic mass is 10.0. The van der Waals surface area contributed by atoms with Gasteiger partial charge in [0.05, 0.1) is 6.54 Å². The summed E-state index contributed by atoms with van der Waals surface area (Å²) >= 11 is 5.73. The van der Waals surface area contributed by atoms with E-state index in [1.807, 2.05) is 0 Å². The number of carbonyl (C=O) groups is 1. The average molecular weight is 331 g/mol. The highest BCUT2D eigenvalue weighted by atomic mass is 35.5. The molecule has 1 aromatic carbocycles. The van der Waals surface area contributed by atoms with E-state index in [-0.39, 0.29) is 10.6 Å². The predicted molar refractivity (Wildman–Crippen MR) is 78.7 cm³/mol. The zero-order chi connectivity index (χ0) is 17.0. The maximum absolute atomic E-state index is 13.4. The molecule has 0 radical (unpaired) electrons. The van der Waals surface area contributed by atoms with Crippen molar-refractivity contribution in [3.8, 4) is 0 Å². The molecule has 0 aliphatic rings. The first-order valence-corrected chi connectivity index (χ1v) is 6.64. The molecule has 2 N–H and O–H groups in total. The molecule has 0 bridgehead atoms. The second-order valence-electron chi connectivity index (χ2n) is 5.53. The number of nitrogens with one attached hydrogen (secondary N) is 1. The molecule has 1 aromatic rings. The lowest BCUT2D eigenvalue weighted by Gasteiger charge is -2.30. The number of aliphatic hydroxyl groups is 1. The molecule has 1 rings (SSSR count). The Hall–Kier alpha value is -2.02. The van der Waals surface area contributed by atoms with Crippen molar-refractivity contribution in [3.63, 3.8) is 0 Å². The van der Waals surface area contributed by atoms with Gasteiger partial charge in [0.25, 0.3) is 0 Å². The van der Waals surface area contributed by atoms with Crippen molar-refractivity contribution in [2.45, 2.75) is 32.1 Å². The Morgan fingerprint density at radius 3 is 2.64 bits per heavy atom. The largest absolute Gasteiger partial charge is 0.444 e. The van der Waals surface area contributed by atoms with Gasteiger partial charge in [-0.15, -0.1) is 0 Å². The van der Waals surface area contributed by atoms with Gasteiger partial charge < -0.3 is 9.84 Å². The van der Waals surface area contributed by atoms with Crippen molar-refractivity contribution in [1.29, 1.82) is 0 Å². The van der Waals surface area contributed by atoms with E-state index in [1.165, 1.54) is 6.07 Å². The summed E-state index contributed by atoms with van der Waals surface area (Å²) < 4.78 is 18.5. The molecule has 0 saturated carbocycles. The average Bonchev–Trinajstić information content (AvgIpc) is 2.32. The Labute approximate surface area is 131 Å². The molecule has 9 heteroatoms. The molecule has 1 amide bonds. The highest BCUT2D eigenvalue weighted by Gasteiger charge is 2.33. The number of rotatable bonds is 4. The van der Waals surface area contributed by atoms with Gasteiger partial charge in [-0.05, 0) is 44.5 Å². The summed E-state index contributed by atoms with van der Waals surface area (Å²) in [6.07, 6.45) is -0.955. The van der Waals surface area contributed by atoms with Crippen molar-refractivity contribution in [3.05, 3.63) is 45.0 Å². The van der Waals surface area contributed by atoms with Gasteiger partial charge in [-0.1, -0.05) is 16.7 Å². The number of azide groups is 1. The third-order valence-corrected chi connectivity index (χ3v) is 2.63. The monoisotopic (exact) mass is 330 g/mol. The molecule has 0 saturated heterocycles.